The Hall–Kier alpha value is -2.15. The predicted octanol–water partition coefficient (Wildman–Crippen LogP) is 0.365. The van der Waals surface area contributed by atoms with Crippen molar-refractivity contribution in [3.8, 4) is 0 Å². The highest BCUT2D eigenvalue weighted by atomic mass is 16.5. The SMILES string of the molecule is CN(C(=O)NCCc1ccncc1)C1COCC1C(=O)O. The lowest BCUT2D eigenvalue weighted by Crippen LogP contribution is -2.48. The summed E-state index contributed by atoms with van der Waals surface area (Å²) in [7, 11) is 1.59. The first-order chi connectivity index (χ1) is 10.1. The second kappa shape index (κ2) is 7.03. The molecule has 21 heavy (non-hydrogen) atoms. The molecule has 2 heterocycles. The van der Waals surface area contributed by atoms with Crippen LogP contribution < -0.4 is 5.32 Å². The molecule has 0 aliphatic carbocycles. The first-order valence-corrected chi connectivity index (χ1v) is 6.79. The zero-order valence-electron chi connectivity index (χ0n) is 11.9. The number of carbonyl (C=O) groups excluding carboxylic acids is 1. The number of carbonyl (C=O) groups is 2. The normalized spacial score (nSPS) is 21.0. The topological polar surface area (TPSA) is 91.8 Å². The molecule has 0 radical (unpaired) electrons. The fourth-order valence-electron chi connectivity index (χ4n) is 2.30. The van der Waals surface area contributed by atoms with Crippen molar-refractivity contribution in [1.82, 2.24) is 15.2 Å². The summed E-state index contributed by atoms with van der Waals surface area (Å²) in [5.74, 6) is -1.60. The Labute approximate surface area is 122 Å². The van der Waals surface area contributed by atoms with Gasteiger partial charge in [0.25, 0.3) is 0 Å². The van der Waals surface area contributed by atoms with Crippen LogP contribution in [0.1, 0.15) is 5.56 Å². The molecule has 2 unspecified atom stereocenters. The number of carboxylic acid groups (broad SMARTS) is 1. The summed E-state index contributed by atoms with van der Waals surface area (Å²) < 4.78 is 5.17. The first-order valence-electron chi connectivity index (χ1n) is 6.79. The van der Waals surface area contributed by atoms with Crippen LogP contribution in [0.2, 0.25) is 0 Å². The number of carboxylic acids is 1. The number of amides is 2. The van der Waals surface area contributed by atoms with Gasteiger partial charge in [-0.3, -0.25) is 9.78 Å². The van der Waals surface area contributed by atoms with Gasteiger partial charge < -0.3 is 20.1 Å². The Kier molecular flexibility index (Phi) is 5.10. The van der Waals surface area contributed by atoms with E-state index in [0.717, 1.165) is 5.56 Å². The minimum atomic E-state index is -0.936. The molecule has 7 heteroatoms. The maximum absolute atomic E-state index is 12.0. The van der Waals surface area contributed by atoms with Crippen molar-refractivity contribution < 1.29 is 19.4 Å². The maximum atomic E-state index is 12.0. The molecular formula is C14H19N3O4. The predicted molar refractivity (Wildman–Crippen MR) is 74.8 cm³/mol. The number of nitrogens with one attached hydrogen (secondary N) is 1. The molecule has 114 valence electrons. The van der Waals surface area contributed by atoms with Gasteiger partial charge in [-0.15, -0.1) is 0 Å². The molecule has 1 aliphatic rings. The van der Waals surface area contributed by atoms with Gasteiger partial charge in [-0.1, -0.05) is 0 Å². The molecule has 0 spiro atoms. The molecule has 1 aromatic rings. The largest absolute Gasteiger partial charge is 0.481 e. The third-order valence-electron chi connectivity index (χ3n) is 3.62. The van der Waals surface area contributed by atoms with E-state index >= 15 is 0 Å². The summed E-state index contributed by atoms with van der Waals surface area (Å²) in [6, 6.07) is 3.07. The number of pyridine rings is 1. The molecular weight excluding hydrogens is 274 g/mol. The van der Waals surface area contributed by atoms with E-state index in [9.17, 15) is 9.59 Å². The summed E-state index contributed by atoms with van der Waals surface area (Å²) in [6.45, 7) is 0.887. The average molecular weight is 293 g/mol. The van der Waals surface area contributed by atoms with Gasteiger partial charge in [-0.2, -0.15) is 0 Å². The van der Waals surface area contributed by atoms with Crippen LogP contribution in [0.3, 0.4) is 0 Å². The molecule has 2 atom stereocenters. The van der Waals surface area contributed by atoms with E-state index in [4.69, 9.17) is 9.84 Å². The molecule has 2 N–H and O–H groups in total. The van der Waals surface area contributed by atoms with Crippen LogP contribution in [0.15, 0.2) is 24.5 Å². The average Bonchev–Trinajstić information content (AvgIpc) is 2.97. The number of nitrogens with zero attached hydrogens (tertiary/aromatic N) is 2. The number of ether oxygens (including phenoxy) is 1. The number of aliphatic carboxylic acids is 1. The maximum Gasteiger partial charge on any atom is 0.317 e. The Morgan fingerprint density at radius 2 is 2.14 bits per heavy atom. The lowest BCUT2D eigenvalue weighted by molar-refractivity contribution is -0.142. The zero-order valence-corrected chi connectivity index (χ0v) is 11.9. The number of hydrogen-bond donors (Lipinski definition) is 2. The Balaban J connectivity index is 1.81. The Bertz CT molecular complexity index is 494. The van der Waals surface area contributed by atoms with Crippen molar-refractivity contribution in [2.24, 2.45) is 5.92 Å². The van der Waals surface area contributed by atoms with Gasteiger partial charge in [-0.05, 0) is 24.1 Å². The van der Waals surface area contributed by atoms with Crippen LogP contribution in [-0.4, -0.2) is 59.8 Å². The summed E-state index contributed by atoms with van der Waals surface area (Å²) in [6.07, 6.45) is 4.11. The molecule has 0 aromatic carbocycles. The number of hydrogen-bond acceptors (Lipinski definition) is 4. The van der Waals surface area contributed by atoms with Gasteiger partial charge in [0.2, 0.25) is 0 Å². The summed E-state index contributed by atoms with van der Waals surface area (Å²) in [5, 5.41) is 11.9. The summed E-state index contributed by atoms with van der Waals surface area (Å²) in [5.41, 5.74) is 1.08. The van der Waals surface area contributed by atoms with E-state index in [1.54, 1.807) is 19.4 Å². The van der Waals surface area contributed by atoms with Crippen LogP contribution in [0.25, 0.3) is 0 Å². The van der Waals surface area contributed by atoms with Crippen LogP contribution >= 0.6 is 0 Å². The van der Waals surface area contributed by atoms with Crippen molar-refractivity contribution in [3.63, 3.8) is 0 Å². The Morgan fingerprint density at radius 1 is 1.43 bits per heavy atom. The number of rotatable bonds is 5. The van der Waals surface area contributed by atoms with E-state index in [2.05, 4.69) is 10.3 Å². The molecule has 0 bridgehead atoms. The molecule has 2 rings (SSSR count). The van der Waals surface area contributed by atoms with Crippen LogP contribution in [0.5, 0.6) is 0 Å². The first kappa shape index (κ1) is 15.2. The van der Waals surface area contributed by atoms with E-state index < -0.39 is 17.9 Å². The van der Waals surface area contributed by atoms with Gasteiger partial charge in [0.15, 0.2) is 0 Å². The fraction of sp³-hybridized carbons (Fsp3) is 0.500. The monoisotopic (exact) mass is 293 g/mol. The fourth-order valence-corrected chi connectivity index (χ4v) is 2.30. The molecule has 0 saturated carbocycles. The van der Waals surface area contributed by atoms with Crippen molar-refractivity contribution in [1.29, 1.82) is 0 Å². The number of likely N-dealkylation sites (N-methyl/N-ethyl adjacent to an activating group) is 1. The minimum absolute atomic E-state index is 0.147. The van der Waals surface area contributed by atoms with Gasteiger partial charge >= 0.3 is 12.0 Å². The van der Waals surface area contributed by atoms with Crippen molar-refractivity contribution in [3.05, 3.63) is 30.1 Å². The molecule has 1 aromatic heterocycles. The van der Waals surface area contributed by atoms with Crippen LogP contribution in [-0.2, 0) is 16.0 Å². The summed E-state index contributed by atoms with van der Waals surface area (Å²) >= 11 is 0. The van der Waals surface area contributed by atoms with E-state index in [1.807, 2.05) is 12.1 Å². The van der Waals surface area contributed by atoms with Crippen molar-refractivity contribution in [2.75, 3.05) is 26.8 Å². The van der Waals surface area contributed by atoms with Crippen LogP contribution in [0.4, 0.5) is 4.79 Å². The standard InChI is InChI=1S/C14H19N3O4/c1-17(12-9-21-8-11(12)13(18)19)14(20)16-7-4-10-2-5-15-6-3-10/h2-3,5-6,11-12H,4,7-9H2,1H3,(H,16,20)(H,18,19). The third-order valence-corrected chi connectivity index (χ3v) is 3.62. The van der Waals surface area contributed by atoms with E-state index in [1.165, 1.54) is 4.90 Å². The lowest BCUT2D eigenvalue weighted by Gasteiger charge is -2.26. The van der Waals surface area contributed by atoms with Crippen LogP contribution in [0, 0.1) is 5.92 Å². The van der Waals surface area contributed by atoms with Gasteiger partial charge in [0.05, 0.1) is 19.3 Å². The quantitative estimate of drug-likeness (QED) is 0.818. The highest BCUT2D eigenvalue weighted by molar-refractivity contribution is 5.77. The summed E-state index contributed by atoms with van der Waals surface area (Å²) in [4.78, 5) is 28.5. The number of aromatic nitrogens is 1. The lowest BCUT2D eigenvalue weighted by atomic mass is 10.0. The molecule has 7 nitrogen and oxygen atoms in total. The van der Waals surface area contributed by atoms with E-state index in [0.29, 0.717) is 13.0 Å². The minimum Gasteiger partial charge on any atom is -0.481 e. The highest BCUT2D eigenvalue weighted by Crippen LogP contribution is 2.18. The van der Waals surface area contributed by atoms with Gasteiger partial charge in [0.1, 0.15) is 5.92 Å². The zero-order chi connectivity index (χ0) is 15.2. The Morgan fingerprint density at radius 3 is 2.81 bits per heavy atom. The molecule has 1 saturated heterocycles. The van der Waals surface area contributed by atoms with Gasteiger partial charge in [-0.25, -0.2) is 4.79 Å². The third kappa shape index (κ3) is 3.91. The molecule has 1 fully saturated rings. The van der Waals surface area contributed by atoms with Crippen molar-refractivity contribution >= 4 is 12.0 Å². The van der Waals surface area contributed by atoms with Crippen molar-refractivity contribution in [2.45, 2.75) is 12.5 Å². The number of urea groups is 1. The second-order valence-electron chi connectivity index (χ2n) is 5.00. The van der Waals surface area contributed by atoms with Gasteiger partial charge in [0, 0.05) is 26.0 Å². The molecule has 2 amide bonds. The van der Waals surface area contributed by atoms with E-state index in [-0.39, 0.29) is 19.2 Å². The highest BCUT2D eigenvalue weighted by Gasteiger charge is 2.38. The molecule has 1 aliphatic heterocycles. The smallest absolute Gasteiger partial charge is 0.317 e. The second-order valence-corrected chi connectivity index (χ2v) is 5.00.